The van der Waals surface area contributed by atoms with Crippen molar-refractivity contribution in [1.82, 2.24) is 0 Å². The van der Waals surface area contributed by atoms with Crippen LogP contribution in [0.4, 0.5) is 0 Å². The summed E-state index contributed by atoms with van der Waals surface area (Å²) >= 11 is 8.44. The molecule has 136 valence electrons. The first-order chi connectivity index (χ1) is 11.3. The van der Waals surface area contributed by atoms with Crippen molar-refractivity contribution in [1.29, 1.82) is 0 Å². The lowest BCUT2D eigenvalue weighted by Gasteiger charge is -2.24. The molecule has 0 saturated carbocycles. The lowest BCUT2D eigenvalue weighted by atomic mass is 9.86. The van der Waals surface area contributed by atoms with E-state index in [2.05, 4.69) is 73.4 Å². The van der Waals surface area contributed by atoms with Gasteiger partial charge in [-0.05, 0) is 35.1 Å². The number of phenols is 2. The van der Waals surface area contributed by atoms with Crippen LogP contribution in [0.2, 0.25) is 0 Å². The molecule has 2 N–H and O–H groups in total. The van der Waals surface area contributed by atoms with Gasteiger partial charge in [0.1, 0.15) is 11.5 Å². The molecule has 0 heterocycles. The van der Waals surface area contributed by atoms with E-state index in [-0.39, 0.29) is 22.3 Å². The predicted molar refractivity (Wildman–Crippen MR) is 113 cm³/mol. The summed E-state index contributed by atoms with van der Waals surface area (Å²) in [5.74, 6) is 0.523. The highest BCUT2D eigenvalue weighted by Gasteiger charge is 2.24. The quantitative estimate of drug-likeness (QED) is 0.464. The van der Waals surface area contributed by atoms with E-state index >= 15 is 0 Å². The highest BCUT2D eigenvalue weighted by Crippen LogP contribution is 2.47. The molecule has 0 atom stereocenters. The topological polar surface area (TPSA) is 40.5 Å². The first kappa shape index (κ1) is 20.7. The van der Waals surface area contributed by atoms with Crippen molar-refractivity contribution in [3.8, 4) is 11.5 Å². The third-order valence-corrected chi connectivity index (χ3v) is 5.89. The second kappa shape index (κ2) is 7.16. The zero-order valence-corrected chi connectivity index (χ0v) is 19.4. The fourth-order valence-corrected chi connectivity index (χ4v) is 4.81. The molecule has 0 saturated heterocycles. The van der Waals surface area contributed by atoms with Crippen molar-refractivity contribution in [3.05, 3.63) is 44.3 Å². The molecule has 2 aromatic rings. The van der Waals surface area contributed by atoms with E-state index in [0.717, 1.165) is 20.1 Å². The minimum absolute atomic E-state index is 0.181. The Bertz CT molecular complexity index is 735. The van der Waals surface area contributed by atoms with Gasteiger partial charge in [0, 0.05) is 20.1 Å². The van der Waals surface area contributed by atoms with Gasteiger partial charge in [0.15, 0.2) is 0 Å². The highest BCUT2D eigenvalue weighted by molar-refractivity contribution is 9.10. The smallest absolute Gasteiger partial charge is 0.133 e. The molecule has 0 fully saturated rings. The third kappa shape index (κ3) is 4.75. The summed E-state index contributed by atoms with van der Waals surface area (Å²) in [5, 5.41) is 21.5. The molecule has 2 nitrogen and oxygen atoms in total. The van der Waals surface area contributed by atoms with Gasteiger partial charge in [-0.1, -0.05) is 85.2 Å². The minimum Gasteiger partial charge on any atom is -0.506 e. The summed E-state index contributed by atoms with van der Waals surface area (Å²) in [5.41, 5.74) is 1.38. The Morgan fingerprint density at radius 2 is 1.00 bits per heavy atom. The van der Waals surface area contributed by atoms with Crippen LogP contribution in [-0.4, -0.2) is 10.2 Å². The summed E-state index contributed by atoms with van der Waals surface area (Å²) in [6.07, 6.45) is 0. The number of rotatable bonds is 2. The molecule has 5 heteroatoms. The second-order valence-electron chi connectivity index (χ2n) is 8.20. The maximum absolute atomic E-state index is 10.8. The van der Waals surface area contributed by atoms with Crippen LogP contribution in [0.25, 0.3) is 0 Å². The average Bonchev–Trinajstić information content (AvgIpc) is 2.43. The Hall–Kier alpha value is -0.650. The van der Waals surface area contributed by atoms with E-state index in [1.165, 1.54) is 11.8 Å². The molecule has 0 aliphatic rings. The Balaban J connectivity index is 2.58. The van der Waals surface area contributed by atoms with Crippen LogP contribution in [0.5, 0.6) is 11.5 Å². The van der Waals surface area contributed by atoms with Gasteiger partial charge in [0.25, 0.3) is 0 Å². The Morgan fingerprint density at radius 1 is 0.680 bits per heavy atom. The zero-order chi connectivity index (χ0) is 19.2. The van der Waals surface area contributed by atoms with Gasteiger partial charge in [-0.2, -0.15) is 0 Å². The number of aromatic hydroxyl groups is 2. The standard InChI is InChI=1S/C20H24Br2O2S/c1-19(2,3)13-7-11(21)9-15(17(13)23)25-16-10-12(22)8-14(18(16)24)20(4,5)6/h7-10,23-24H,1-6H3. The van der Waals surface area contributed by atoms with E-state index in [0.29, 0.717) is 9.79 Å². The summed E-state index contributed by atoms with van der Waals surface area (Å²) in [4.78, 5) is 1.43. The predicted octanol–water partition coefficient (Wildman–Crippen LogP) is 7.37. The first-order valence-electron chi connectivity index (χ1n) is 8.04. The molecule has 2 rings (SSSR count). The molecular weight excluding hydrogens is 464 g/mol. The molecular formula is C20H24Br2O2S. The molecule has 0 radical (unpaired) electrons. The summed E-state index contributed by atoms with van der Waals surface area (Å²) in [6.45, 7) is 12.4. The number of hydrogen-bond donors (Lipinski definition) is 2. The van der Waals surface area contributed by atoms with Crippen molar-refractivity contribution < 1.29 is 10.2 Å². The van der Waals surface area contributed by atoms with E-state index in [1.54, 1.807) is 0 Å². The van der Waals surface area contributed by atoms with Crippen LogP contribution in [0, 0.1) is 0 Å². The number of hydrogen-bond acceptors (Lipinski definition) is 3. The van der Waals surface area contributed by atoms with Gasteiger partial charge in [-0.15, -0.1) is 0 Å². The van der Waals surface area contributed by atoms with Crippen molar-refractivity contribution in [2.45, 2.75) is 62.2 Å². The van der Waals surface area contributed by atoms with Gasteiger partial charge in [0.05, 0.1) is 9.79 Å². The zero-order valence-electron chi connectivity index (χ0n) is 15.4. The highest BCUT2D eigenvalue weighted by atomic mass is 79.9. The molecule has 0 aromatic heterocycles. The molecule has 25 heavy (non-hydrogen) atoms. The van der Waals surface area contributed by atoms with Crippen LogP contribution in [0.3, 0.4) is 0 Å². The Kier molecular flexibility index (Phi) is 5.92. The van der Waals surface area contributed by atoms with E-state index in [1.807, 2.05) is 24.3 Å². The van der Waals surface area contributed by atoms with Crippen LogP contribution >= 0.6 is 43.6 Å². The molecule has 0 spiro atoms. The van der Waals surface area contributed by atoms with Crippen LogP contribution < -0.4 is 0 Å². The SMILES string of the molecule is CC(C)(C)c1cc(Br)cc(Sc2cc(Br)cc(C(C)(C)C)c2O)c1O. The summed E-state index contributed by atoms with van der Waals surface area (Å²) in [7, 11) is 0. The third-order valence-electron chi connectivity index (χ3n) is 3.92. The van der Waals surface area contributed by atoms with Gasteiger partial charge in [-0.3, -0.25) is 0 Å². The summed E-state index contributed by atoms with van der Waals surface area (Å²) < 4.78 is 1.81. The molecule has 0 aliphatic heterocycles. The van der Waals surface area contributed by atoms with Crippen molar-refractivity contribution in [2.24, 2.45) is 0 Å². The lowest BCUT2D eigenvalue weighted by molar-refractivity contribution is 0.432. The minimum atomic E-state index is -0.181. The number of benzene rings is 2. The van der Waals surface area contributed by atoms with E-state index in [4.69, 9.17) is 0 Å². The fourth-order valence-electron chi connectivity index (χ4n) is 2.57. The molecule has 0 aliphatic carbocycles. The second-order valence-corrected chi connectivity index (χ2v) is 11.1. The van der Waals surface area contributed by atoms with Gasteiger partial charge >= 0.3 is 0 Å². The maximum Gasteiger partial charge on any atom is 0.133 e. The number of phenolic OH excluding ortho intramolecular Hbond substituents is 2. The van der Waals surface area contributed by atoms with Crippen LogP contribution in [0.1, 0.15) is 52.7 Å². The Morgan fingerprint density at radius 3 is 1.28 bits per heavy atom. The van der Waals surface area contributed by atoms with Gasteiger partial charge in [0.2, 0.25) is 0 Å². The van der Waals surface area contributed by atoms with Gasteiger partial charge in [-0.25, -0.2) is 0 Å². The monoisotopic (exact) mass is 486 g/mol. The fraction of sp³-hybridized carbons (Fsp3) is 0.400. The average molecular weight is 488 g/mol. The Labute approximate surface area is 171 Å². The molecule has 2 aromatic carbocycles. The lowest BCUT2D eigenvalue weighted by Crippen LogP contribution is -2.12. The summed E-state index contributed by atoms with van der Waals surface area (Å²) in [6, 6.07) is 7.65. The molecule has 0 unspecified atom stereocenters. The van der Waals surface area contributed by atoms with Gasteiger partial charge < -0.3 is 10.2 Å². The van der Waals surface area contributed by atoms with E-state index in [9.17, 15) is 10.2 Å². The van der Waals surface area contributed by atoms with Crippen molar-refractivity contribution in [2.75, 3.05) is 0 Å². The largest absolute Gasteiger partial charge is 0.506 e. The maximum atomic E-state index is 10.8. The normalized spacial score (nSPS) is 12.5. The molecule has 0 bridgehead atoms. The van der Waals surface area contributed by atoms with E-state index < -0.39 is 0 Å². The van der Waals surface area contributed by atoms with Crippen LogP contribution in [-0.2, 0) is 10.8 Å². The number of halogens is 2. The molecule has 0 amide bonds. The first-order valence-corrected chi connectivity index (χ1v) is 10.4. The van der Waals surface area contributed by atoms with Crippen LogP contribution in [0.15, 0.2) is 43.0 Å². The van der Waals surface area contributed by atoms with Crippen molar-refractivity contribution >= 4 is 43.6 Å². The van der Waals surface area contributed by atoms with Crippen molar-refractivity contribution in [3.63, 3.8) is 0 Å².